The number of amides is 1. The smallest absolute Gasteiger partial charge is 0.241 e. The van der Waals surface area contributed by atoms with E-state index in [4.69, 9.17) is 5.73 Å². The third-order valence-corrected chi connectivity index (χ3v) is 3.66. The standard InChI is InChI=1S/C16H27N3O/c1-5-6-7-10-19(4)13(3)16(20)18-15-9-8-14(17)11-12(15)2/h8-9,11,13H,5-7,10,17H2,1-4H3,(H,18,20). The maximum absolute atomic E-state index is 12.2. The molecule has 20 heavy (non-hydrogen) atoms. The van der Waals surface area contributed by atoms with Gasteiger partial charge in [0.05, 0.1) is 6.04 Å². The molecule has 0 saturated heterocycles. The van der Waals surface area contributed by atoms with Gasteiger partial charge in [0.15, 0.2) is 0 Å². The fourth-order valence-corrected chi connectivity index (χ4v) is 2.07. The lowest BCUT2D eigenvalue weighted by molar-refractivity contribution is -0.120. The fraction of sp³-hybridized carbons (Fsp3) is 0.562. The molecule has 3 N–H and O–H groups in total. The van der Waals surface area contributed by atoms with Crippen molar-refractivity contribution in [1.82, 2.24) is 4.90 Å². The van der Waals surface area contributed by atoms with Gasteiger partial charge in [-0.2, -0.15) is 0 Å². The number of unbranched alkanes of at least 4 members (excludes halogenated alkanes) is 2. The van der Waals surface area contributed by atoms with E-state index in [1.165, 1.54) is 12.8 Å². The molecule has 0 aliphatic carbocycles. The van der Waals surface area contributed by atoms with E-state index in [-0.39, 0.29) is 11.9 Å². The van der Waals surface area contributed by atoms with E-state index in [2.05, 4.69) is 17.1 Å². The van der Waals surface area contributed by atoms with Crippen molar-refractivity contribution in [2.75, 3.05) is 24.6 Å². The van der Waals surface area contributed by atoms with Crippen LogP contribution in [0.5, 0.6) is 0 Å². The average Bonchev–Trinajstić information content (AvgIpc) is 2.41. The number of nitrogens with one attached hydrogen (secondary N) is 1. The second kappa shape index (κ2) is 7.90. The number of aryl methyl sites for hydroxylation is 1. The summed E-state index contributed by atoms with van der Waals surface area (Å²) in [6, 6.07) is 5.39. The summed E-state index contributed by atoms with van der Waals surface area (Å²) in [5.41, 5.74) is 8.24. The number of carbonyl (C=O) groups is 1. The van der Waals surface area contributed by atoms with Gasteiger partial charge in [-0.25, -0.2) is 0 Å². The number of hydrogen-bond acceptors (Lipinski definition) is 3. The number of nitrogens with two attached hydrogens (primary N) is 1. The monoisotopic (exact) mass is 277 g/mol. The molecule has 0 saturated carbocycles. The molecular weight excluding hydrogens is 250 g/mol. The molecule has 4 nitrogen and oxygen atoms in total. The Morgan fingerprint density at radius 2 is 2.10 bits per heavy atom. The summed E-state index contributed by atoms with van der Waals surface area (Å²) in [6.07, 6.45) is 3.53. The normalized spacial score (nSPS) is 12.4. The van der Waals surface area contributed by atoms with Crippen LogP contribution < -0.4 is 11.1 Å². The molecule has 1 rings (SSSR count). The Kier molecular flexibility index (Phi) is 6.52. The third-order valence-electron chi connectivity index (χ3n) is 3.66. The number of rotatable bonds is 7. The van der Waals surface area contributed by atoms with Gasteiger partial charge in [-0.05, 0) is 57.6 Å². The van der Waals surface area contributed by atoms with E-state index in [1.54, 1.807) is 6.07 Å². The first kappa shape index (κ1) is 16.5. The van der Waals surface area contributed by atoms with Crippen LogP contribution in [0.2, 0.25) is 0 Å². The van der Waals surface area contributed by atoms with E-state index >= 15 is 0 Å². The van der Waals surface area contributed by atoms with Crippen molar-refractivity contribution in [2.24, 2.45) is 0 Å². The fourth-order valence-electron chi connectivity index (χ4n) is 2.07. The molecule has 112 valence electrons. The van der Waals surface area contributed by atoms with Gasteiger partial charge in [0.1, 0.15) is 0 Å². The van der Waals surface area contributed by atoms with Crippen molar-refractivity contribution in [2.45, 2.75) is 46.1 Å². The van der Waals surface area contributed by atoms with Crippen molar-refractivity contribution in [1.29, 1.82) is 0 Å². The van der Waals surface area contributed by atoms with Crippen LogP contribution in [-0.2, 0) is 4.79 Å². The van der Waals surface area contributed by atoms with Crippen molar-refractivity contribution in [3.8, 4) is 0 Å². The minimum absolute atomic E-state index is 0.0249. The molecule has 1 unspecified atom stereocenters. The quantitative estimate of drug-likeness (QED) is 0.595. The molecule has 0 spiro atoms. The predicted octanol–water partition coefficient (Wildman–Crippen LogP) is 3.03. The number of nitrogen functional groups attached to an aromatic ring is 1. The summed E-state index contributed by atoms with van der Waals surface area (Å²) in [4.78, 5) is 14.3. The van der Waals surface area contributed by atoms with E-state index < -0.39 is 0 Å². The minimum Gasteiger partial charge on any atom is -0.399 e. The molecule has 1 atom stereocenters. The molecule has 0 aliphatic heterocycles. The molecule has 0 heterocycles. The molecule has 0 fully saturated rings. The first-order chi connectivity index (χ1) is 9.45. The van der Waals surface area contributed by atoms with Crippen molar-refractivity contribution >= 4 is 17.3 Å². The highest BCUT2D eigenvalue weighted by molar-refractivity contribution is 5.95. The van der Waals surface area contributed by atoms with Crippen LogP contribution in [0.4, 0.5) is 11.4 Å². The van der Waals surface area contributed by atoms with Crippen LogP contribution in [0.1, 0.15) is 38.7 Å². The van der Waals surface area contributed by atoms with Gasteiger partial charge in [0.2, 0.25) is 5.91 Å². The van der Waals surface area contributed by atoms with E-state index in [0.29, 0.717) is 5.69 Å². The Morgan fingerprint density at radius 1 is 1.40 bits per heavy atom. The van der Waals surface area contributed by atoms with Gasteiger partial charge in [-0.3, -0.25) is 9.69 Å². The second-order valence-electron chi connectivity index (χ2n) is 5.43. The Bertz CT molecular complexity index is 445. The first-order valence-electron chi connectivity index (χ1n) is 7.33. The highest BCUT2D eigenvalue weighted by Gasteiger charge is 2.18. The molecule has 0 aliphatic rings. The lowest BCUT2D eigenvalue weighted by atomic mass is 10.1. The SMILES string of the molecule is CCCCCN(C)C(C)C(=O)Nc1ccc(N)cc1C. The number of benzene rings is 1. The number of anilines is 2. The average molecular weight is 277 g/mol. The maximum Gasteiger partial charge on any atom is 0.241 e. The number of hydrogen-bond donors (Lipinski definition) is 2. The number of likely N-dealkylation sites (N-methyl/N-ethyl adjacent to an activating group) is 1. The summed E-state index contributed by atoms with van der Waals surface area (Å²) in [6.45, 7) is 7.01. The Morgan fingerprint density at radius 3 is 2.70 bits per heavy atom. The highest BCUT2D eigenvalue weighted by Crippen LogP contribution is 2.18. The second-order valence-corrected chi connectivity index (χ2v) is 5.43. The van der Waals surface area contributed by atoms with Crippen LogP contribution in [0.15, 0.2) is 18.2 Å². The van der Waals surface area contributed by atoms with Crippen LogP contribution in [0.25, 0.3) is 0 Å². The highest BCUT2D eigenvalue weighted by atomic mass is 16.2. The summed E-state index contributed by atoms with van der Waals surface area (Å²) in [7, 11) is 2.00. The molecule has 1 amide bonds. The van der Waals surface area contributed by atoms with Crippen molar-refractivity contribution in [3.05, 3.63) is 23.8 Å². The minimum atomic E-state index is -0.135. The van der Waals surface area contributed by atoms with Crippen LogP contribution in [0, 0.1) is 6.92 Å². The first-order valence-corrected chi connectivity index (χ1v) is 7.33. The lowest BCUT2D eigenvalue weighted by Crippen LogP contribution is -2.40. The van der Waals surface area contributed by atoms with Crippen molar-refractivity contribution < 1.29 is 4.79 Å². The van der Waals surface area contributed by atoms with Gasteiger partial charge in [-0.15, -0.1) is 0 Å². The van der Waals surface area contributed by atoms with Crippen LogP contribution >= 0.6 is 0 Å². The lowest BCUT2D eigenvalue weighted by Gasteiger charge is -2.24. The number of carbonyl (C=O) groups excluding carboxylic acids is 1. The largest absolute Gasteiger partial charge is 0.399 e. The van der Waals surface area contributed by atoms with E-state index in [9.17, 15) is 4.79 Å². The zero-order chi connectivity index (χ0) is 15.1. The van der Waals surface area contributed by atoms with Crippen LogP contribution in [0.3, 0.4) is 0 Å². The number of nitrogens with zero attached hydrogens (tertiary/aromatic N) is 1. The zero-order valence-corrected chi connectivity index (χ0v) is 13.1. The zero-order valence-electron chi connectivity index (χ0n) is 13.1. The molecule has 1 aromatic carbocycles. The molecule has 1 aromatic rings. The Labute approximate surface area is 122 Å². The van der Waals surface area contributed by atoms with Gasteiger partial charge in [-0.1, -0.05) is 19.8 Å². The summed E-state index contributed by atoms with van der Waals surface area (Å²) < 4.78 is 0. The molecule has 4 heteroatoms. The molecular formula is C16H27N3O. The summed E-state index contributed by atoms with van der Waals surface area (Å²) in [5.74, 6) is 0.0249. The summed E-state index contributed by atoms with van der Waals surface area (Å²) in [5, 5.41) is 2.97. The molecule has 0 aromatic heterocycles. The topological polar surface area (TPSA) is 58.4 Å². The Hall–Kier alpha value is -1.55. The van der Waals surface area contributed by atoms with Gasteiger partial charge in [0.25, 0.3) is 0 Å². The molecule has 0 radical (unpaired) electrons. The van der Waals surface area contributed by atoms with Gasteiger partial charge in [0, 0.05) is 11.4 Å². The summed E-state index contributed by atoms with van der Waals surface area (Å²) >= 11 is 0. The maximum atomic E-state index is 12.2. The predicted molar refractivity (Wildman–Crippen MR) is 85.8 cm³/mol. The van der Waals surface area contributed by atoms with Crippen LogP contribution in [-0.4, -0.2) is 30.4 Å². The van der Waals surface area contributed by atoms with Crippen molar-refractivity contribution in [3.63, 3.8) is 0 Å². The Balaban J connectivity index is 2.56. The van der Waals surface area contributed by atoms with E-state index in [1.807, 2.05) is 33.0 Å². The van der Waals surface area contributed by atoms with Gasteiger partial charge >= 0.3 is 0 Å². The third kappa shape index (κ3) is 4.85. The molecule has 0 bridgehead atoms. The van der Waals surface area contributed by atoms with E-state index in [0.717, 1.165) is 24.2 Å². The van der Waals surface area contributed by atoms with Gasteiger partial charge < -0.3 is 11.1 Å².